The quantitative estimate of drug-likeness (QED) is 0.234. The van der Waals surface area contributed by atoms with Crippen molar-refractivity contribution < 1.29 is 23.0 Å². The molecule has 35 heavy (non-hydrogen) atoms. The number of ether oxygens (including phenoxy) is 3. The highest BCUT2D eigenvalue weighted by atomic mass is 19.2. The number of rotatable bonds is 15. The lowest BCUT2D eigenvalue weighted by atomic mass is 10.0. The normalized spacial score (nSPS) is 18.1. The monoisotopic (exact) mass is 488 g/mol. The molecule has 1 heterocycles. The maximum absolute atomic E-state index is 14.8. The Morgan fingerprint density at radius 2 is 1.37 bits per heavy atom. The summed E-state index contributed by atoms with van der Waals surface area (Å²) in [6, 6.07) is 10.4. The van der Waals surface area contributed by atoms with E-state index in [2.05, 4.69) is 13.8 Å². The second-order valence-electron chi connectivity index (χ2n) is 9.69. The second-order valence-corrected chi connectivity index (χ2v) is 9.69. The van der Waals surface area contributed by atoms with E-state index in [-0.39, 0.29) is 11.3 Å². The predicted molar refractivity (Wildman–Crippen MR) is 138 cm³/mol. The van der Waals surface area contributed by atoms with Gasteiger partial charge in [0.25, 0.3) is 0 Å². The molecule has 1 fully saturated rings. The summed E-state index contributed by atoms with van der Waals surface area (Å²) in [4.78, 5) is 0. The molecule has 1 aliphatic rings. The minimum atomic E-state index is -0.928. The van der Waals surface area contributed by atoms with Crippen LogP contribution in [0.3, 0.4) is 0 Å². The van der Waals surface area contributed by atoms with E-state index in [0.29, 0.717) is 31.3 Å². The van der Waals surface area contributed by atoms with E-state index in [1.807, 2.05) is 12.1 Å². The van der Waals surface area contributed by atoms with Crippen LogP contribution in [-0.4, -0.2) is 19.8 Å². The lowest BCUT2D eigenvalue weighted by Gasteiger charge is -2.29. The van der Waals surface area contributed by atoms with E-state index in [9.17, 15) is 8.78 Å². The summed E-state index contributed by atoms with van der Waals surface area (Å²) >= 11 is 0. The largest absolute Gasteiger partial charge is 0.490 e. The first kappa shape index (κ1) is 27.6. The minimum absolute atomic E-state index is 0.0219. The lowest BCUT2D eigenvalue weighted by molar-refractivity contribution is -0.206. The van der Waals surface area contributed by atoms with Gasteiger partial charge in [0.2, 0.25) is 5.82 Å². The third kappa shape index (κ3) is 8.57. The molecule has 194 valence electrons. The van der Waals surface area contributed by atoms with Gasteiger partial charge in [-0.2, -0.15) is 4.39 Å². The molecule has 0 spiro atoms. The van der Waals surface area contributed by atoms with Crippen molar-refractivity contribution in [3.63, 3.8) is 0 Å². The first-order valence-electron chi connectivity index (χ1n) is 13.6. The summed E-state index contributed by atoms with van der Waals surface area (Å²) in [5, 5.41) is 0. The number of benzene rings is 2. The Morgan fingerprint density at radius 3 is 2.06 bits per heavy atom. The van der Waals surface area contributed by atoms with Crippen LogP contribution in [0.1, 0.15) is 96.3 Å². The van der Waals surface area contributed by atoms with Crippen LogP contribution in [0.15, 0.2) is 36.4 Å². The van der Waals surface area contributed by atoms with Crippen molar-refractivity contribution in [1.29, 1.82) is 0 Å². The molecule has 0 aromatic heterocycles. The number of hydrogen-bond acceptors (Lipinski definition) is 3. The molecule has 0 N–H and O–H groups in total. The van der Waals surface area contributed by atoms with E-state index < -0.39 is 17.9 Å². The Kier molecular flexibility index (Phi) is 12.0. The maximum atomic E-state index is 14.8. The number of halogens is 2. The Bertz CT molecular complexity index is 861. The fraction of sp³-hybridized carbons (Fsp3) is 0.600. The van der Waals surface area contributed by atoms with Crippen LogP contribution in [0.5, 0.6) is 5.75 Å². The molecule has 0 bridgehead atoms. The van der Waals surface area contributed by atoms with E-state index in [1.54, 1.807) is 18.2 Å². The van der Waals surface area contributed by atoms with Crippen LogP contribution in [0.4, 0.5) is 8.78 Å². The molecule has 1 saturated heterocycles. The van der Waals surface area contributed by atoms with E-state index >= 15 is 0 Å². The molecular formula is C30H42F2O3. The molecule has 0 saturated carbocycles. The lowest BCUT2D eigenvalue weighted by Crippen LogP contribution is -2.27. The van der Waals surface area contributed by atoms with Gasteiger partial charge in [-0.15, -0.1) is 0 Å². The Balaban J connectivity index is 1.49. The predicted octanol–water partition coefficient (Wildman–Crippen LogP) is 9.00. The molecule has 0 radical (unpaired) electrons. The molecule has 0 atom stereocenters. The molecule has 0 aliphatic carbocycles. The Labute approximate surface area is 210 Å². The zero-order chi connectivity index (χ0) is 24.9. The molecule has 0 amide bonds. The smallest absolute Gasteiger partial charge is 0.201 e. The van der Waals surface area contributed by atoms with Crippen LogP contribution >= 0.6 is 0 Å². The van der Waals surface area contributed by atoms with Gasteiger partial charge in [0.15, 0.2) is 17.9 Å². The molecule has 3 nitrogen and oxygen atoms in total. The molecule has 2 aromatic rings. The van der Waals surface area contributed by atoms with Crippen molar-refractivity contribution in [2.24, 2.45) is 5.92 Å². The van der Waals surface area contributed by atoms with Gasteiger partial charge in [-0.1, -0.05) is 95.9 Å². The van der Waals surface area contributed by atoms with Gasteiger partial charge in [0.1, 0.15) is 0 Å². The zero-order valence-electron chi connectivity index (χ0n) is 21.5. The fourth-order valence-corrected chi connectivity index (χ4v) is 4.51. The van der Waals surface area contributed by atoms with Crippen LogP contribution < -0.4 is 4.74 Å². The number of hydrogen-bond donors (Lipinski definition) is 0. The highest BCUT2D eigenvalue weighted by Gasteiger charge is 2.23. The third-order valence-corrected chi connectivity index (χ3v) is 6.73. The van der Waals surface area contributed by atoms with Crippen molar-refractivity contribution in [2.75, 3.05) is 19.8 Å². The van der Waals surface area contributed by atoms with Crippen molar-refractivity contribution in [1.82, 2.24) is 0 Å². The standard InChI is InChI=1S/C30H42F2O3/c1-3-5-7-8-9-10-12-20-33-27-19-18-26(28(31)29(27)32)24-14-16-25(17-15-24)30-34-21-23(22-35-30)13-11-6-4-2/h14-19,23,30H,3-13,20-22H2,1-2H3. The zero-order valence-corrected chi connectivity index (χ0v) is 21.5. The highest BCUT2D eigenvalue weighted by Crippen LogP contribution is 2.32. The molecule has 2 aromatic carbocycles. The maximum Gasteiger partial charge on any atom is 0.201 e. The van der Waals surface area contributed by atoms with Crippen molar-refractivity contribution >= 4 is 0 Å². The van der Waals surface area contributed by atoms with Gasteiger partial charge in [-0.05, 0) is 30.5 Å². The highest BCUT2D eigenvalue weighted by molar-refractivity contribution is 5.65. The third-order valence-electron chi connectivity index (χ3n) is 6.73. The Hall–Kier alpha value is -1.98. The van der Waals surface area contributed by atoms with Gasteiger partial charge >= 0.3 is 0 Å². The summed E-state index contributed by atoms with van der Waals surface area (Å²) in [6.07, 6.45) is 12.4. The van der Waals surface area contributed by atoms with Gasteiger partial charge in [0.05, 0.1) is 19.8 Å². The van der Waals surface area contributed by atoms with E-state index in [1.165, 1.54) is 51.0 Å². The topological polar surface area (TPSA) is 27.7 Å². The Morgan fingerprint density at radius 1 is 0.743 bits per heavy atom. The van der Waals surface area contributed by atoms with Gasteiger partial charge in [-0.25, -0.2) is 4.39 Å². The van der Waals surface area contributed by atoms with E-state index in [4.69, 9.17) is 14.2 Å². The summed E-state index contributed by atoms with van der Waals surface area (Å²) < 4.78 is 46.8. The van der Waals surface area contributed by atoms with Crippen molar-refractivity contribution in [2.45, 2.75) is 90.8 Å². The van der Waals surface area contributed by atoms with Crippen LogP contribution in [0.25, 0.3) is 11.1 Å². The molecule has 0 unspecified atom stereocenters. The van der Waals surface area contributed by atoms with Gasteiger partial charge in [0, 0.05) is 17.0 Å². The van der Waals surface area contributed by atoms with E-state index in [0.717, 1.165) is 31.2 Å². The second kappa shape index (κ2) is 15.2. The summed E-state index contributed by atoms with van der Waals surface area (Å²) in [5.74, 6) is -1.38. The van der Waals surface area contributed by atoms with Crippen LogP contribution in [0, 0.1) is 17.6 Å². The SMILES string of the molecule is CCCCCCCCCOc1ccc(-c2ccc(C3OCC(CCCCC)CO3)cc2)c(F)c1F. The first-order valence-corrected chi connectivity index (χ1v) is 13.6. The van der Waals surface area contributed by atoms with Crippen molar-refractivity contribution in [3.8, 4) is 16.9 Å². The first-order chi connectivity index (χ1) is 17.1. The molecular weight excluding hydrogens is 446 g/mol. The fourth-order valence-electron chi connectivity index (χ4n) is 4.51. The van der Waals surface area contributed by atoms with Crippen molar-refractivity contribution in [3.05, 3.63) is 53.6 Å². The molecule has 3 rings (SSSR count). The minimum Gasteiger partial charge on any atom is -0.490 e. The number of unbranched alkanes of at least 4 members (excludes halogenated alkanes) is 8. The van der Waals surface area contributed by atoms with Crippen LogP contribution in [-0.2, 0) is 9.47 Å². The average Bonchev–Trinajstić information content (AvgIpc) is 2.89. The summed E-state index contributed by atoms with van der Waals surface area (Å²) in [6.45, 7) is 6.19. The van der Waals surface area contributed by atoms with Gasteiger partial charge in [-0.3, -0.25) is 0 Å². The van der Waals surface area contributed by atoms with Crippen LogP contribution in [0.2, 0.25) is 0 Å². The van der Waals surface area contributed by atoms with Gasteiger partial charge < -0.3 is 14.2 Å². The average molecular weight is 489 g/mol. The summed E-state index contributed by atoms with van der Waals surface area (Å²) in [5.41, 5.74) is 1.71. The molecule has 1 aliphatic heterocycles. The summed E-state index contributed by atoms with van der Waals surface area (Å²) in [7, 11) is 0. The molecule has 5 heteroatoms.